The van der Waals surface area contributed by atoms with Crippen molar-refractivity contribution in [2.45, 2.75) is 30.1 Å². The highest BCUT2D eigenvalue weighted by atomic mass is 32.2. The first-order valence-electron chi connectivity index (χ1n) is 10.3. The third-order valence-electron chi connectivity index (χ3n) is 5.01. The summed E-state index contributed by atoms with van der Waals surface area (Å²) in [7, 11) is -7.15. The van der Waals surface area contributed by atoms with Crippen molar-refractivity contribution in [3.05, 3.63) is 89.5 Å². The number of benzene rings is 3. The SMILES string of the molecule is Cc1ccc(C)c(S(=O)(=O)Nc2ccc(C(=O)NCCCS(=O)(=O)c3ccccc3)cc2)c1. The largest absolute Gasteiger partial charge is 0.352 e. The monoisotopic (exact) mass is 486 g/mol. The topological polar surface area (TPSA) is 109 Å². The molecule has 0 aliphatic rings. The molecule has 3 rings (SSSR count). The third kappa shape index (κ3) is 6.43. The van der Waals surface area contributed by atoms with Gasteiger partial charge in [0.1, 0.15) is 0 Å². The van der Waals surface area contributed by atoms with Gasteiger partial charge < -0.3 is 5.32 Å². The van der Waals surface area contributed by atoms with Crippen LogP contribution in [-0.2, 0) is 19.9 Å². The maximum absolute atomic E-state index is 12.7. The van der Waals surface area contributed by atoms with Crippen LogP contribution >= 0.6 is 0 Å². The molecule has 2 N–H and O–H groups in total. The summed E-state index contributed by atoms with van der Waals surface area (Å²) in [5.74, 6) is -0.438. The summed E-state index contributed by atoms with van der Waals surface area (Å²) in [6.45, 7) is 3.75. The van der Waals surface area contributed by atoms with Crippen LogP contribution < -0.4 is 10.0 Å². The van der Waals surface area contributed by atoms with Gasteiger partial charge in [0.05, 0.1) is 15.5 Å². The second-order valence-electron chi connectivity index (χ2n) is 7.69. The molecule has 0 heterocycles. The predicted octanol–water partition coefficient (Wildman–Crippen LogP) is 3.70. The second-order valence-corrected chi connectivity index (χ2v) is 11.5. The van der Waals surface area contributed by atoms with Crippen molar-refractivity contribution in [3.8, 4) is 0 Å². The molecule has 0 radical (unpaired) electrons. The molecule has 7 nitrogen and oxygen atoms in total. The standard InChI is InChI=1S/C24H26N2O5S2/c1-18-9-10-19(2)23(17-18)33(30,31)26-21-13-11-20(12-14-21)24(27)25-15-6-16-32(28,29)22-7-4-3-5-8-22/h3-5,7-14,17,26H,6,15-16H2,1-2H3,(H,25,27). The minimum atomic E-state index is -3.76. The van der Waals surface area contributed by atoms with E-state index < -0.39 is 19.9 Å². The normalized spacial score (nSPS) is 11.7. The summed E-state index contributed by atoms with van der Waals surface area (Å²) >= 11 is 0. The number of carbonyl (C=O) groups excluding carboxylic acids is 1. The molecule has 0 aromatic heterocycles. The molecule has 0 bridgehead atoms. The van der Waals surface area contributed by atoms with E-state index in [1.165, 1.54) is 24.3 Å². The fourth-order valence-electron chi connectivity index (χ4n) is 3.21. The average molecular weight is 487 g/mol. The molecule has 0 fully saturated rings. The second kappa shape index (κ2) is 10.2. The van der Waals surface area contributed by atoms with Crippen LogP contribution in [-0.4, -0.2) is 35.0 Å². The summed E-state index contributed by atoms with van der Waals surface area (Å²) in [5.41, 5.74) is 2.15. The van der Waals surface area contributed by atoms with Gasteiger partial charge in [-0.05, 0) is 73.9 Å². The van der Waals surface area contributed by atoms with E-state index >= 15 is 0 Å². The molecule has 0 unspecified atom stereocenters. The van der Waals surface area contributed by atoms with Crippen molar-refractivity contribution < 1.29 is 21.6 Å². The van der Waals surface area contributed by atoms with Gasteiger partial charge in [-0.3, -0.25) is 9.52 Å². The number of carbonyl (C=O) groups is 1. The van der Waals surface area contributed by atoms with E-state index in [0.29, 0.717) is 16.8 Å². The van der Waals surface area contributed by atoms with Crippen molar-refractivity contribution >= 4 is 31.5 Å². The third-order valence-corrected chi connectivity index (χ3v) is 8.35. The van der Waals surface area contributed by atoms with Gasteiger partial charge in [0.15, 0.2) is 9.84 Å². The van der Waals surface area contributed by atoms with E-state index in [1.54, 1.807) is 49.4 Å². The van der Waals surface area contributed by atoms with Crippen LogP contribution in [0.5, 0.6) is 0 Å². The Balaban J connectivity index is 1.55. The van der Waals surface area contributed by atoms with Crippen molar-refractivity contribution in [2.24, 2.45) is 0 Å². The van der Waals surface area contributed by atoms with Gasteiger partial charge in [0.25, 0.3) is 15.9 Å². The fraction of sp³-hybridized carbons (Fsp3) is 0.208. The Bertz CT molecular complexity index is 1340. The van der Waals surface area contributed by atoms with Crippen LogP contribution in [0.1, 0.15) is 27.9 Å². The van der Waals surface area contributed by atoms with Crippen molar-refractivity contribution in [2.75, 3.05) is 17.0 Å². The van der Waals surface area contributed by atoms with E-state index in [1.807, 2.05) is 13.0 Å². The maximum atomic E-state index is 12.7. The van der Waals surface area contributed by atoms with Crippen LogP contribution in [0.25, 0.3) is 0 Å². The van der Waals surface area contributed by atoms with Gasteiger partial charge in [-0.1, -0.05) is 30.3 Å². The van der Waals surface area contributed by atoms with Crippen molar-refractivity contribution in [1.29, 1.82) is 0 Å². The molecule has 0 saturated heterocycles. The summed E-state index contributed by atoms with van der Waals surface area (Å²) < 4.78 is 52.5. The molecule has 33 heavy (non-hydrogen) atoms. The average Bonchev–Trinajstić information content (AvgIpc) is 2.79. The summed E-state index contributed by atoms with van der Waals surface area (Å²) in [6.07, 6.45) is 0.274. The number of hydrogen-bond donors (Lipinski definition) is 2. The molecule has 9 heteroatoms. The molecule has 0 spiro atoms. The lowest BCUT2D eigenvalue weighted by atomic mass is 10.2. The van der Waals surface area contributed by atoms with Crippen molar-refractivity contribution in [1.82, 2.24) is 5.32 Å². The molecule has 3 aromatic rings. The van der Waals surface area contributed by atoms with E-state index in [4.69, 9.17) is 0 Å². The molecular formula is C24H26N2O5S2. The fourth-order valence-corrected chi connectivity index (χ4v) is 5.93. The lowest BCUT2D eigenvalue weighted by Crippen LogP contribution is -2.26. The lowest BCUT2D eigenvalue weighted by Gasteiger charge is -2.12. The Morgan fingerprint density at radius 3 is 2.18 bits per heavy atom. The van der Waals surface area contributed by atoms with E-state index in [2.05, 4.69) is 10.0 Å². The van der Waals surface area contributed by atoms with Gasteiger partial charge >= 0.3 is 0 Å². The zero-order valence-corrected chi connectivity index (χ0v) is 20.0. The van der Waals surface area contributed by atoms with Gasteiger partial charge in [0, 0.05) is 17.8 Å². The van der Waals surface area contributed by atoms with E-state index in [-0.39, 0.29) is 34.4 Å². The number of anilines is 1. The molecule has 0 aliphatic carbocycles. The summed E-state index contributed by atoms with van der Waals surface area (Å²) in [6, 6.07) is 19.4. The van der Waals surface area contributed by atoms with Gasteiger partial charge in [-0.15, -0.1) is 0 Å². The first-order valence-corrected chi connectivity index (χ1v) is 13.5. The quantitative estimate of drug-likeness (QED) is 0.448. The number of hydrogen-bond acceptors (Lipinski definition) is 5. The van der Waals surface area contributed by atoms with E-state index in [9.17, 15) is 21.6 Å². The smallest absolute Gasteiger partial charge is 0.262 e. The molecule has 1 amide bonds. The Labute approximate surface area is 194 Å². The Morgan fingerprint density at radius 1 is 0.848 bits per heavy atom. The van der Waals surface area contributed by atoms with Crippen LogP contribution in [0, 0.1) is 13.8 Å². The minimum absolute atomic E-state index is 0.0730. The molecule has 0 saturated carbocycles. The van der Waals surface area contributed by atoms with Gasteiger partial charge in [0.2, 0.25) is 0 Å². The van der Waals surface area contributed by atoms with Gasteiger partial charge in [-0.25, -0.2) is 16.8 Å². The minimum Gasteiger partial charge on any atom is -0.352 e. The number of rotatable bonds is 9. The molecule has 0 aliphatic heterocycles. The zero-order chi connectivity index (χ0) is 24.1. The van der Waals surface area contributed by atoms with Crippen LogP contribution in [0.4, 0.5) is 5.69 Å². The number of nitrogens with one attached hydrogen (secondary N) is 2. The van der Waals surface area contributed by atoms with Crippen LogP contribution in [0.3, 0.4) is 0 Å². The van der Waals surface area contributed by atoms with Crippen LogP contribution in [0.15, 0.2) is 82.6 Å². The molecule has 0 atom stereocenters. The number of amides is 1. The number of sulfonamides is 1. The Kier molecular flexibility index (Phi) is 7.55. The Hall–Kier alpha value is -3.17. The van der Waals surface area contributed by atoms with Crippen molar-refractivity contribution in [3.63, 3.8) is 0 Å². The van der Waals surface area contributed by atoms with Crippen LogP contribution in [0.2, 0.25) is 0 Å². The Morgan fingerprint density at radius 2 is 1.52 bits per heavy atom. The molecule has 3 aromatic carbocycles. The zero-order valence-electron chi connectivity index (χ0n) is 18.4. The van der Waals surface area contributed by atoms with E-state index in [0.717, 1.165) is 5.56 Å². The lowest BCUT2D eigenvalue weighted by molar-refractivity contribution is 0.0953. The predicted molar refractivity (Wildman–Crippen MR) is 129 cm³/mol. The highest BCUT2D eigenvalue weighted by Gasteiger charge is 2.18. The molecule has 174 valence electrons. The highest BCUT2D eigenvalue weighted by molar-refractivity contribution is 7.92. The first kappa shape index (κ1) is 24.5. The summed E-state index contributed by atoms with van der Waals surface area (Å²) in [5, 5.41) is 2.69. The number of aryl methyl sites for hydroxylation is 2. The summed E-state index contributed by atoms with van der Waals surface area (Å²) in [4.78, 5) is 12.8. The first-order chi connectivity index (χ1) is 15.6. The van der Waals surface area contributed by atoms with Gasteiger partial charge in [-0.2, -0.15) is 0 Å². The maximum Gasteiger partial charge on any atom is 0.262 e. The highest BCUT2D eigenvalue weighted by Crippen LogP contribution is 2.21. The molecular weight excluding hydrogens is 460 g/mol. The number of sulfone groups is 1.